The van der Waals surface area contributed by atoms with Gasteiger partial charge in [0.2, 0.25) is 0 Å². The molecule has 1 atom stereocenters. The van der Waals surface area contributed by atoms with Gasteiger partial charge in [-0.25, -0.2) is 0 Å². The van der Waals surface area contributed by atoms with Gasteiger partial charge in [0.25, 0.3) is 11.7 Å². The smallest absolute Gasteiger partial charge is 0.295 e. The average Bonchev–Trinajstić information content (AvgIpc) is 3.19. The molecule has 2 aliphatic heterocycles. The number of carbonyl (C=O) groups is 2. The van der Waals surface area contributed by atoms with E-state index in [1.807, 2.05) is 43.3 Å². The number of morpholine rings is 1. The number of likely N-dealkylation sites (tertiary alicyclic amines) is 1. The van der Waals surface area contributed by atoms with Crippen LogP contribution in [0.1, 0.15) is 61.4 Å². The van der Waals surface area contributed by atoms with Gasteiger partial charge in [0.1, 0.15) is 11.5 Å². The molecular weight excluding hydrogens is 480 g/mol. The van der Waals surface area contributed by atoms with E-state index in [2.05, 4.69) is 18.7 Å². The molecule has 204 valence electrons. The highest BCUT2D eigenvalue weighted by atomic mass is 16.5. The van der Waals surface area contributed by atoms with Crippen molar-refractivity contribution in [3.63, 3.8) is 0 Å². The highest BCUT2D eigenvalue weighted by molar-refractivity contribution is 6.46. The summed E-state index contributed by atoms with van der Waals surface area (Å²) in [5, 5.41) is 11.4. The third-order valence-electron chi connectivity index (χ3n) is 7.42. The molecule has 1 N–H and O–H groups in total. The first-order chi connectivity index (χ1) is 18.4. The number of aryl methyl sites for hydroxylation is 2. The van der Waals surface area contributed by atoms with Gasteiger partial charge in [0.15, 0.2) is 0 Å². The van der Waals surface area contributed by atoms with Crippen LogP contribution in [0, 0.1) is 6.92 Å². The van der Waals surface area contributed by atoms with E-state index >= 15 is 0 Å². The Morgan fingerprint density at radius 3 is 2.42 bits per heavy atom. The Morgan fingerprint density at radius 1 is 1.03 bits per heavy atom. The number of nitrogens with zero attached hydrogens (tertiary/aromatic N) is 2. The molecule has 2 aromatic carbocycles. The monoisotopic (exact) mass is 520 g/mol. The maximum absolute atomic E-state index is 13.4. The molecule has 0 bridgehead atoms. The summed E-state index contributed by atoms with van der Waals surface area (Å²) < 4.78 is 11.3. The fraction of sp³-hybridized carbons (Fsp3) is 0.484. The lowest BCUT2D eigenvalue weighted by Crippen LogP contribution is -2.38. The molecule has 7 nitrogen and oxygen atoms in total. The minimum atomic E-state index is -0.639. The minimum absolute atomic E-state index is 0.143. The number of aliphatic hydroxyl groups excluding tert-OH is 1. The van der Waals surface area contributed by atoms with Gasteiger partial charge in [-0.05, 0) is 61.1 Å². The van der Waals surface area contributed by atoms with Gasteiger partial charge in [-0.2, -0.15) is 0 Å². The third-order valence-corrected chi connectivity index (χ3v) is 7.42. The van der Waals surface area contributed by atoms with Gasteiger partial charge in [0.05, 0.1) is 31.4 Å². The van der Waals surface area contributed by atoms with Crippen LogP contribution in [0.2, 0.25) is 0 Å². The van der Waals surface area contributed by atoms with Crippen molar-refractivity contribution in [2.45, 2.75) is 52.5 Å². The van der Waals surface area contributed by atoms with Crippen molar-refractivity contribution in [2.24, 2.45) is 0 Å². The molecule has 0 saturated carbocycles. The summed E-state index contributed by atoms with van der Waals surface area (Å²) in [4.78, 5) is 30.6. The van der Waals surface area contributed by atoms with Crippen LogP contribution in [0.4, 0.5) is 0 Å². The summed E-state index contributed by atoms with van der Waals surface area (Å²) in [5.41, 5.74) is 3.52. The number of hydrogen-bond acceptors (Lipinski definition) is 6. The topological polar surface area (TPSA) is 79.3 Å². The van der Waals surface area contributed by atoms with E-state index in [-0.39, 0.29) is 11.3 Å². The van der Waals surface area contributed by atoms with Gasteiger partial charge < -0.3 is 19.5 Å². The zero-order chi connectivity index (χ0) is 27.1. The lowest BCUT2D eigenvalue weighted by molar-refractivity contribution is -0.140. The Kier molecular flexibility index (Phi) is 9.58. The van der Waals surface area contributed by atoms with Gasteiger partial charge in [0, 0.05) is 31.7 Å². The van der Waals surface area contributed by atoms with Crippen molar-refractivity contribution in [2.75, 3.05) is 46.0 Å². The molecule has 0 aliphatic carbocycles. The first kappa shape index (κ1) is 27.9. The van der Waals surface area contributed by atoms with Crippen LogP contribution < -0.4 is 4.74 Å². The molecule has 0 spiro atoms. The summed E-state index contributed by atoms with van der Waals surface area (Å²) in [5.74, 6) is -0.592. The predicted molar refractivity (Wildman–Crippen MR) is 148 cm³/mol. The van der Waals surface area contributed by atoms with Crippen LogP contribution in [0.15, 0.2) is 48.0 Å². The fourth-order valence-corrected chi connectivity index (χ4v) is 5.12. The second-order valence-electron chi connectivity index (χ2n) is 10.1. The highest BCUT2D eigenvalue weighted by Crippen LogP contribution is 2.40. The van der Waals surface area contributed by atoms with Crippen molar-refractivity contribution in [3.8, 4) is 5.75 Å². The molecule has 2 aromatic rings. The summed E-state index contributed by atoms with van der Waals surface area (Å²) in [6.07, 6.45) is 3.64. The van der Waals surface area contributed by atoms with E-state index < -0.39 is 17.7 Å². The Morgan fingerprint density at radius 2 is 1.76 bits per heavy atom. The van der Waals surface area contributed by atoms with Crippen molar-refractivity contribution in [1.29, 1.82) is 0 Å². The summed E-state index contributed by atoms with van der Waals surface area (Å²) >= 11 is 0. The normalized spacial score (nSPS) is 19.8. The van der Waals surface area contributed by atoms with Crippen molar-refractivity contribution in [3.05, 3.63) is 70.3 Å². The Hall–Kier alpha value is -3.16. The van der Waals surface area contributed by atoms with E-state index in [0.717, 1.165) is 75.4 Å². The first-order valence-electron chi connectivity index (χ1n) is 13.9. The van der Waals surface area contributed by atoms with E-state index in [1.165, 1.54) is 5.56 Å². The number of amides is 1. The van der Waals surface area contributed by atoms with Crippen LogP contribution in [0.3, 0.4) is 0 Å². The molecule has 0 unspecified atom stereocenters. The number of rotatable bonds is 11. The highest BCUT2D eigenvalue weighted by Gasteiger charge is 2.45. The Balaban J connectivity index is 1.65. The molecule has 2 aliphatic rings. The molecule has 2 saturated heterocycles. The third kappa shape index (κ3) is 6.27. The number of ether oxygens (including phenoxy) is 2. The number of Topliss-reactive ketones (excluding diaryl/α,β-unsaturated/α-hetero) is 1. The van der Waals surface area contributed by atoms with E-state index in [0.29, 0.717) is 18.7 Å². The largest absolute Gasteiger partial charge is 0.507 e. The summed E-state index contributed by atoms with van der Waals surface area (Å²) in [6.45, 7) is 11.2. The predicted octanol–water partition coefficient (Wildman–Crippen LogP) is 4.88. The Labute approximate surface area is 226 Å². The van der Waals surface area contributed by atoms with Gasteiger partial charge >= 0.3 is 0 Å². The molecule has 0 radical (unpaired) electrons. The maximum Gasteiger partial charge on any atom is 0.295 e. The zero-order valence-electron chi connectivity index (χ0n) is 22.9. The average molecular weight is 521 g/mol. The first-order valence-corrected chi connectivity index (χ1v) is 13.9. The summed E-state index contributed by atoms with van der Waals surface area (Å²) in [6, 6.07) is 12.7. The molecule has 1 amide bonds. The van der Waals surface area contributed by atoms with Crippen molar-refractivity contribution in [1.82, 2.24) is 9.80 Å². The van der Waals surface area contributed by atoms with Crippen LogP contribution in [-0.4, -0.2) is 72.6 Å². The Bertz CT molecular complexity index is 1150. The van der Waals surface area contributed by atoms with Crippen LogP contribution in [-0.2, 0) is 20.7 Å². The lowest BCUT2D eigenvalue weighted by Gasteiger charge is -2.29. The minimum Gasteiger partial charge on any atom is -0.507 e. The van der Waals surface area contributed by atoms with Crippen molar-refractivity contribution < 1.29 is 24.2 Å². The van der Waals surface area contributed by atoms with Crippen LogP contribution in [0.25, 0.3) is 5.76 Å². The van der Waals surface area contributed by atoms with Gasteiger partial charge in [-0.3, -0.25) is 14.5 Å². The lowest BCUT2D eigenvalue weighted by atomic mass is 9.94. The van der Waals surface area contributed by atoms with Crippen LogP contribution in [0.5, 0.6) is 5.75 Å². The standard InChI is InChI=1S/C31H40N2O5/c1-4-6-18-38-26-13-12-25(21-22(26)3)29(34)27-28(24-10-8-23(5-2)9-11-24)33(31(36)30(27)35)15-7-14-32-16-19-37-20-17-32/h8-13,21,28,34H,4-7,14-20H2,1-3H3/b29-27+/t28-/m1/s1. The maximum atomic E-state index is 13.4. The van der Waals surface area contributed by atoms with Crippen molar-refractivity contribution >= 4 is 17.4 Å². The molecule has 2 heterocycles. The number of carbonyl (C=O) groups excluding carboxylic acids is 2. The van der Waals surface area contributed by atoms with E-state index in [9.17, 15) is 14.7 Å². The zero-order valence-corrected chi connectivity index (χ0v) is 22.9. The number of hydrogen-bond donors (Lipinski definition) is 1. The molecule has 4 rings (SSSR count). The second-order valence-corrected chi connectivity index (χ2v) is 10.1. The van der Waals surface area contributed by atoms with E-state index in [4.69, 9.17) is 9.47 Å². The van der Waals surface area contributed by atoms with Gasteiger partial charge in [-0.15, -0.1) is 0 Å². The summed E-state index contributed by atoms with van der Waals surface area (Å²) in [7, 11) is 0. The second kappa shape index (κ2) is 13.1. The number of aliphatic hydroxyl groups is 1. The number of unbranched alkanes of at least 4 members (excludes halogenated alkanes) is 1. The molecular formula is C31H40N2O5. The quantitative estimate of drug-likeness (QED) is 0.197. The van der Waals surface area contributed by atoms with Gasteiger partial charge in [-0.1, -0.05) is 44.5 Å². The number of ketones is 1. The molecule has 7 heteroatoms. The fourth-order valence-electron chi connectivity index (χ4n) is 5.12. The van der Waals surface area contributed by atoms with Crippen LogP contribution >= 0.6 is 0 Å². The molecule has 38 heavy (non-hydrogen) atoms. The SMILES string of the molecule is CCCCOc1ccc(/C(O)=C2\C(=O)C(=O)N(CCCN3CCOCC3)[C@@H]2c2ccc(CC)cc2)cc1C. The van der Waals surface area contributed by atoms with E-state index in [1.54, 1.807) is 11.0 Å². The number of benzene rings is 2. The molecule has 0 aromatic heterocycles. The molecule has 2 fully saturated rings.